The number of hydrogen-bond donors (Lipinski definition) is 2. The number of benzene rings is 3. The topological polar surface area (TPSA) is 67.4 Å². The molecule has 0 saturated carbocycles. The van der Waals surface area contributed by atoms with Crippen molar-refractivity contribution in [1.29, 1.82) is 0 Å². The monoisotopic (exact) mass is 418 g/mol. The van der Waals surface area contributed by atoms with Gasteiger partial charge in [-0.3, -0.25) is 9.59 Å². The molecule has 0 aliphatic heterocycles. The fourth-order valence-electron chi connectivity index (χ4n) is 3.51. The minimum Gasteiger partial charge on any atom is -0.459 e. The standard InChI is InChI=1S/C26H30N2O3/c1-17-13-14-20(27-16-24(29)31-26(3,4)5)15-23(17)25(30)28-18(2)21-12-8-10-19-9-6-7-11-22(19)21/h6-15,18,27H,16H2,1-5H3,(H,28,30). The van der Waals surface area contributed by atoms with Crippen LogP contribution in [-0.2, 0) is 9.53 Å². The number of carbonyl (C=O) groups is 2. The molecular weight excluding hydrogens is 388 g/mol. The van der Waals surface area contributed by atoms with Crippen LogP contribution >= 0.6 is 0 Å². The summed E-state index contributed by atoms with van der Waals surface area (Å²) >= 11 is 0. The van der Waals surface area contributed by atoms with E-state index in [1.54, 1.807) is 6.07 Å². The fraction of sp³-hybridized carbons (Fsp3) is 0.308. The molecule has 3 aromatic carbocycles. The highest BCUT2D eigenvalue weighted by Gasteiger charge is 2.18. The predicted octanol–water partition coefficient (Wildman–Crippen LogP) is 5.39. The molecule has 0 spiro atoms. The lowest BCUT2D eigenvalue weighted by atomic mass is 9.99. The average Bonchev–Trinajstić information content (AvgIpc) is 2.71. The SMILES string of the molecule is Cc1ccc(NCC(=O)OC(C)(C)C)cc1C(=O)NC(C)c1cccc2ccccc12. The molecule has 3 aromatic rings. The number of rotatable bonds is 6. The van der Waals surface area contributed by atoms with Crippen LogP contribution in [0.4, 0.5) is 5.69 Å². The van der Waals surface area contributed by atoms with Crippen LogP contribution in [0.3, 0.4) is 0 Å². The van der Waals surface area contributed by atoms with E-state index in [4.69, 9.17) is 4.74 Å². The minimum absolute atomic E-state index is 0.0355. The van der Waals surface area contributed by atoms with Crippen molar-refractivity contribution in [3.63, 3.8) is 0 Å². The van der Waals surface area contributed by atoms with Gasteiger partial charge in [0.05, 0.1) is 6.04 Å². The van der Waals surface area contributed by atoms with Gasteiger partial charge in [-0.05, 0) is 68.7 Å². The summed E-state index contributed by atoms with van der Waals surface area (Å²) in [5.41, 5.74) is 2.67. The molecule has 1 atom stereocenters. The van der Waals surface area contributed by atoms with Crippen LogP contribution in [0.25, 0.3) is 10.8 Å². The fourth-order valence-corrected chi connectivity index (χ4v) is 3.51. The Morgan fingerprint density at radius 3 is 2.45 bits per heavy atom. The summed E-state index contributed by atoms with van der Waals surface area (Å²) in [6, 6.07) is 19.6. The highest BCUT2D eigenvalue weighted by molar-refractivity contribution is 5.97. The molecule has 5 nitrogen and oxygen atoms in total. The van der Waals surface area contributed by atoms with E-state index in [1.165, 1.54) is 0 Å². The van der Waals surface area contributed by atoms with Crippen LogP contribution in [0.15, 0.2) is 60.7 Å². The Morgan fingerprint density at radius 1 is 1.00 bits per heavy atom. The van der Waals surface area contributed by atoms with Gasteiger partial charge < -0.3 is 15.4 Å². The maximum absolute atomic E-state index is 13.0. The molecule has 0 aliphatic rings. The first-order valence-electron chi connectivity index (χ1n) is 10.5. The van der Waals surface area contributed by atoms with Crippen molar-refractivity contribution in [3.8, 4) is 0 Å². The summed E-state index contributed by atoms with van der Waals surface area (Å²) in [4.78, 5) is 25.0. The molecule has 0 aliphatic carbocycles. The predicted molar refractivity (Wildman–Crippen MR) is 125 cm³/mol. The van der Waals surface area contributed by atoms with Gasteiger partial charge in [-0.15, -0.1) is 0 Å². The molecule has 162 valence electrons. The maximum Gasteiger partial charge on any atom is 0.325 e. The number of nitrogens with one attached hydrogen (secondary N) is 2. The number of carbonyl (C=O) groups excluding carboxylic acids is 2. The van der Waals surface area contributed by atoms with E-state index >= 15 is 0 Å². The Kier molecular flexibility index (Phi) is 6.64. The van der Waals surface area contributed by atoms with Crippen molar-refractivity contribution in [2.75, 3.05) is 11.9 Å². The Morgan fingerprint density at radius 2 is 1.71 bits per heavy atom. The van der Waals surface area contributed by atoms with E-state index in [-0.39, 0.29) is 24.5 Å². The average molecular weight is 419 g/mol. The van der Waals surface area contributed by atoms with Gasteiger partial charge in [-0.25, -0.2) is 0 Å². The van der Waals surface area contributed by atoms with E-state index in [2.05, 4.69) is 28.8 Å². The molecule has 0 saturated heterocycles. The van der Waals surface area contributed by atoms with Crippen molar-refractivity contribution >= 4 is 28.3 Å². The second kappa shape index (κ2) is 9.21. The van der Waals surface area contributed by atoms with Gasteiger partial charge >= 0.3 is 5.97 Å². The number of ether oxygens (including phenoxy) is 1. The molecule has 2 N–H and O–H groups in total. The third-order valence-electron chi connectivity index (χ3n) is 4.98. The summed E-state index contributed by atoms with van der Waals surface area (Å²) in [5.74, 6) is -0.498. The zero-order valence-electron chi connectivity index (χ0n) is 18.8. The maximum atomic E-state index is 13.0. The van der Waals surface area contributed by atoms with Crippen LogP contribution in [0.5, 0.6) is 0 Å². The molecule has 0 aromatic heterocycles. The van der Waals surface area contributed by atoms with Crippen LogP contribution in [0.1, 0.15) is 55.2 Å². The number of amides is 1. The lowest BCUT2D eigenvalue weighted by molar-refractivity contribution is -0.152. The quantitative estimate of drug-likeness (QED) is 0.527. The number of fused-ring (bicyclic) bond motifs is 1. The molecule has 3 rings (SSSR count). The molecule has 5 heteroatoms. The normalized spacial score (nSPS) is 12.3. The number of anilines is 1. The van der Waals surface area contributed by atoms with Gasteiger partial charge in [0.2, 0.25) is 0 Å². The molecule has 0 fully saturated rings. The molecule has 1 unspecified atom stereocenters. The highest BCUT2D eigenvalue weighted by atomic mass is 16.6. The molecular formula is C26H30N2O3. The Bertz CT molecular complexity index is 1090. The van der Waals surface area contributed by atoms with Gasteiger partial charge in [-0.1, -0.05) is 48.5 Å². The van der Waals surface area contributed by atoms with Gasteiger partial charge in [0.1, 0.15) is 12.1 Å². The van der Waals surface area contributed by atoms with Crippen LogP contribution in [0.2, 0.25) is 0 Å². The highest BCUT2D eigenvalue weighted by Crippen LogP contribution is 2.25. The second-order valence-electron chi connectivity index (χ2n) is 8.73. The second-order valence-corrected chi connectivity index (χ2v) is 8.73. The lowest BCUT2D eigenvalue weighted by Gasteiger charge is -2.20. The van der Waals surface area contributed by atoms with Crippen LogP contribution < -0.4 is 10.6 Å². The smallest absolute Gasteiger partial charge is 0.325 e. The summed E-state index contributed by atoms with van der Waals surface area (Å²) in [5, 5.41) is 8.43. The van der Waals surface area contributed by atoms with Crippen LogP contribution in [0, 0.1) is 6.92 Å². The van der Waals surface area contributed by atoms with Gasteiger partial charge in [0.25, 0.3) is 5.91 Å². The van der Waals surface area contributed by atoms with E-state index in [0.717, 1.165) is 21.9 Å². The Balaban J connectivity index is 1.72. The first kappa shape index (κ1) is 22.3. The summed E-state index contributed by atoms with van der Waals surface area (Å²) in [7, 11) is 0. The molecule has 0 heterocycles. The number of hydrogen-bond acceptors (Lipinski definition) is 4. The summed E-state index contributed by atoms with van der Waals surface area (Å²) in [6.45, 7) is 9.41. The van der Waals surface area contributed by atoms with E-state index in [0.29, 0.717) is 11.3 Å². The lowest BCUT2D eigenvalue weighted by Crippen LogP contribution is -2.28. The molecule has 0 bridgehead atoms. The van der Waals surface area contributed by atoms with Gasteiger partial charge in [0.15, 0.2) is 0 Å². The third kappa shape index (κ3) is 5.85. The van der Waals surface area contributed by atoms with Crippen molar-refractivity contribution in [3.05, 3.63) is 77.4 Å². The Hall–Kier alpha value is -3.34. The van der Waals surface area contributed by atoms with Crippen LogP contribution in [-0.4, -0.2) is 24.0 Å². The van der Waals surface area contributed by atoms with E-state index in [9.17, 15) is 9.59 Å². The number of aryl methyl sites for hydroxylation is 1. The zero-order chi connectivity index (χ0) is 22.6. The van der Waals surface area contributed by atoms with Crippen molar-refractivity contribution in [2.45, 2.75) is 46.3 Å². The first-order valence-corrected chi connectivity index (χ1v) is 10.5. The van der Waals surface area contributed by atoms with E-state index in [1.807, 2.05) is 71.0 Å². The van der Waals surface area contributed by atoms with Gasteiger partial charge in [-0.2, -0.15) is 0 Å². The number of esters is 1. The van der Waals surface area contributed by atoms with Crippen molar-refractivity contribution in [2.24, 2.45) is 0 Å². The summed E-state index contributed by atoms with van der Waals surface area (Å²) in [6.07, 6.45) is 0. The van der Waals surface area contributed by atoms with Crippen molar-refractivity contribution < 1.29 is 14.3 Å². The van der Waals surface area contributed by atoms with Crippen molar-refractivity contribution in [1.82, 2.24) is 5.32 Å². The molecule has 31 heavy (non-hydrogen) atoms. The largest absolute Gasteiger partial charge is 0.459 e. The summed E-state index contributed by atoms with van der Waals surface area (Å²) < 4.78 is 5.32. The van der Waals surface area contributed by atoms with E-state index < -0.39 is 5.60 Å². The van der Waals surface area contributed by atoms with Gasteiger partial charge in [0, 0.05) is 11.3 Å². The molecule has 1 amide bonds. The first-order chi connectivity index (χ1) is 14.6. The third-order valence-corrected chi connectivity index (χ3v) is 4.98. The molecule has 0 radical (unpaired) electrons. The zero-order valence-corrected chi connectivity index (χ0v) is 18.8. The minimum atomic E-state index is -0.533. The Labute approximate surface area is 183 Å².